The van der Waals surface area contributed by atoms with Crippen molar-refractivity contribution < 1.29 is 0 Å². The van der Waals surface area contributed by atoms with Crippen LogP contribution in [0.3, 0.4) is 0 Å². The van der Waals surface area contributed by atoms with Crippen molar-refractivity contribution in [2.24, 2.45) is 10.7 Å². The van der Waals surface area contributed by atoms with Crippen LogP contribution in [0, 0.1) is 0 Å². The van der Waals surface area contributed by atoms with Crippen LogP contribution < -0.4 is 11.1 Å². The van der Waals surface area contributed by atoms with E-state index in [0.717, 1.165) is 11.3 Å². The van der Waals surface area contributed by atoms with Gasteiger partial charge >= 0.3 is 0 Å². The Kier molecular flexibility index (Phi) is 3.05. The molecule has 1 aromatic heterocycles. The SMILES string of the molecule is NC(=NCc1nc2ccccc2n1C1CC1)NC1CCC1. The monoisotopic (exact) mass is 283 g/mol. The number of imidazole rings is 1. The maximum atomic E-state index is 5.97. The van der Waals surface area contributed by atoms with Crippen molar-refractivity contribution in [2.75, 3.05) is 0 Å². The average Bonchev–Trinajstić information content (AvgIpc) is 3.21. The summed E-state index contributed by atoms with van der Waals surface area (Å²) in [7, 11) is 0. The lowest BCUT2D eigenvalue weighted by Crippen LogP contribution is -2.43. The van der Waals surface area contributed by atoms with Crippen LogP contribution in [-0.2, 0) is 6.54 Å². The minimum Gasteiger partial charge on any atom is -0.370 e. The van der Waals surface area contributed by atoms with Gasteiger partial charge in [0.25, 0.3) is 0 Å². The Morgan fingerprint density at radius 1 is 1.29 bits per heavy atom. The Labute approximate surface area is 124 Å². The van der Waals surface area contributed by atoms with Crippen molar-refractivity contribution in [2.45, 2.75) is 50.7 Å². The first-order chi connectivity index (χ1) is 10.3. The van der Waals surface area contributed by atoms with Crippen molar-refractivity contribution in [1.82, 2.24) is 14.9 Å². The molecule has 3 N–H and O–H groups in total. The third-order valence-corrected chi connectivity index (χ3v) is 4.43. The lowest BCUT2D eigenvalue weighted by atomic mass is 9.93. The molecule has 5 nitrogen and oxygen atoms in total. The van der Waals surface area contributed by atoms with Gasteiger partial charge in [-0.05, 0) is 44.2 Å². The standard InChI is InChI=1S/C16H21N5/c17-16(19-11-4-3-5-11)18-10-15-20-13-6-1-2-7-14(13)21(15)12-8-9-12/h1-2,6-7,11-12H,3-5,8-10H2,(H3,17,18,19). The quantitative estimate of drug-likeness (QED) is 0.668. The summed E-state index contributed by atoms with van der Waals surface area (Å²) >= 11 is 0. The summed E-state index contributed by atoms with van der Waals surface area (Å²) in [6.45, 7) is 0.552. The predicted molar refractivity (Wildman–Crippen MR) is 84.1 cm³/mol. The summed E-state index contributed by atoms with van der Waals surface area (Å²) in [5, 5.41) is 3.28. The molecule has 0 amide bonds. The highest BCUT2D eigenvalue weighted by atomic mass is 15.2. The second-order valence-electron chi connectivity index (χ2n) is 6.09. The summed E-state index contributed by atoms with van der Waals surface area (Å²) in [4.78, 5) is 9.21. The van der Waals surface area contributed by atoms with Gasteiger partial charge in [-0.15, -0.1) is 0 Å². The van der Waals surface area contributed by atoms with Gasteiger partial charge in [0, 0.05) is 12.1 Å². The molecule has 0 bridgehead atoms. The van der Waals surface area contributed by atoms with Crippen molar-refractivity contribution in [1.29, 1.82) is 0 Å². The molecule has 110 valence electrons. The first kappa shape index (κ1) is 12.7. The van der Waals surface area contributed by atoms with E-state index >= 15 is 0 Å². The van der Waals surface area contributed by atoms with E-state index in [1.807, 2.05) is 6.07 Å². The van der Waals surface area contributed by atoms with E-state index in [0.29, 0.717) is 24.6 Å². The molecule has 2 fully saturated rings. The smallest absolute Gasteiger partial charge is 0.189 e. The number of nitrogens with two attached hydrogens (primary N) is 1. The zero-order chi connectivity index (χ0) is 14.2. The molecule has 21 heavy (non-hydrogen) atoms. The summed E-state index contributed by atoms with van der Waals surface area (Å²) in [5.41, 5.74) is 8.24. The number of hydrogen-bond donors (Lipinski definition) is 2. The first-order valence-electron chi connectivity index (χ1n) is 7.83. The van der Waals surface area contributed by atoms with Gasteiger partial charge in [0.15, 0.2) is 5.96 Å². The maximum absolute atomic E-state index is 5.97. The molecule has 0 radical (unpaired) electrons. The molecule has 0 aliphatic heterocycles. The fourth-order valence-electron chi connectivity index (χ4n) is 2.91. The van der Waals surface area contributed by atoms with Gasteiger partial charge in [-0.2, -0.15) is 0 Å². The molecule has 2 aliphatic carbocycles. The topological polar surface area (TPSA) is 68.2 Å². The highest BCUT2D eigenvalue weighted by molar-refractivity contribution is 5.79. The summed E-state index contributed by atoms with van der Waals surface area (Å²) in [6, 6.07) is 9.44. The van der Waals surface area contributed by atoms with Crippen molar-refractivity contribution in [3.05, 3.63) is 30.1 Å². The van der Waals surface area contributed by atoms with E-state index in [1.165, 1.54) is 37.6 Å². The molecular weight excluding hydrogens is 262 g/mol. The minimum absolute atomic E-state index is 0.524. The molecule has 0 saturated heterocycles. The Morgan fingerprint density at radius 2 is 2.10 bits per heavy atom. The number of para-hydroxylation sites is 2. The largest absolute Gasteiger partial charge is 0.370 e. The van der Waals surface area contributed by atoms with Crippen molar-refractivity contribution >= 4 is 17.0 Å². The fraction of sp³-hybridized carbons (Fsp3) is 0.500. The second kappa shape index (κ2) is 5.06. The lowest BCUT2D eigenvalue weighted by molar-refractivity contribution is 0.382. The van der Waals surface area contributed by atoms with Crippen LogP contribution in [0.5, 0.6) is 0 Å². The zero-order valence-corrected chi connectivity index (χ0v) is 12.1. The average molecular weight is 283 g/mol. The molecule has 0 unspecified atom stereocenters. The van der Waals surface area contributed by atoms with Crippen LogP contribution in [0.4, 0.5) is 0 Å². The fourth-order valence-corrected chi connectivity index (χ4v) is 2.91. The van der Waals surface area contributed by atoms with Crippen molar-refractivity contribution in [3.63, 3.8) is 0 Å². The van der Waals surface area contributed by atoms with E-state index < -0.39 is 0 Å². The Hall–Kier alpha value is -2.04. The summed E-state index contributed by atoms with van der Waals surface area (Å²) in [5.74, 6) is 1.58. The van der Waals surface area contributed by atoms with Crippen LogP contribution in [0.25, 0.3) is 11.0 Å². The molecule has 2 aliphatic rings. The number of hydrogen-bond acceptors (Lipinski definition) is 2. The molecular formula is C16H21N5. The van der Waals surface area contributed by atoms with Gasteiger partial charge in [0.2, 0.25) is 0 Å². The lowest BCUT2D eigenvalue weighted by Gasteiger charge is -2.26. The third kappa shape index (κ3) is 2.48. The number of fused-ring (bicyclic) bond motifs is 1. The molecule has 2 aromatic rings. The minimum atomic E-state index is 0.524. The Bertz CT molecular complexity index is 679. The zero-order valence-electron chi connectivity index (χ0n) is 12.1. The Morgan fingerprint density at radius 3 is 2.81 bits per heavy atom. The van der Waals surface area contributed by atoms with Gasteiger partial charge in [-0.25, -0.2) is 9.98 Å². The predicted octanol–water partition coefficient (Wildman–Crippen LogP) is 2.33. The molecule has 0 atom stereocenters. The van der Waals surface area contributed by atoms with Gasteiger partial charge in [-0.3, -0.25) is 0 Å². The maximum Gasteiger partial charge on any atom is 0.189 e. The van der Waals surface area contributed by atoms with Gasteiger partial charge in [-0.1, -0.05) is 12.1 Å². The number of aromatic nitrogens is 2. The molecule has 5 heteroatoms. The number of nitrogens with one attached hydrogen (secondary N) is 1. The van der Waals surface area contributed by atoms with E-state index in [-0.39, 0.29) is 0 Å². The van der Waals surface area contributed by atoms with Crippen LogP contribution in [0.2, 0.25) is 0 Å². The molecule has 2 saturated carbocycles. The molecule has 0 spiro atoms. The van der Waals surface area contributed by atoms with E-state index in [1.54, 1.807) is 0 Å². The van der Waals surface area contributed by atoms with E-state index in [9.17, 15) is 0 Å². The van der Waals surface area contributed by atoms with Crippen LogP contribution in [-0.4, -0.2) is 21.6 Å². The van der Waals surface area contributed by atoms with Gasteiger partial charge in [0.05, 0.1) is 11.0 Å². The summed E-state index contributed by atoms with van der Waals surface area (Å²) < 4.78 is 2.34. The number of aliphatic imine (C=N–C) groups is 1. The molecule has 1 aromatic carbocycles. The van der Waals surface area contributed by atoms with Crippen molar-refractivity contribution in [3.8, 4) is 0 Å². The van der Waals surface area contributed by atoms with Crippen LogP contribution in [0.1, 0.15) is 44.0 Å². The van der Waals surface area contributed by atoms with E-state index in [2.05, 4.69) is 33.1 Å². The van der Waals surface area contributed by atoms with E-state index in [4.69, 9.17) is 10.7 Å². The highest BCUT2D eigenvalue weighted by Gasteiger charge is 2.27. The number of rotatable bonds is 4. The second-order valence-corrected chi connectivity index (χ2v) is 6.09. The van der Waals surface area contributed by atoms with Crippen LogP contribution in [0.15, 0.2) is 29.3 Å². The number of benzene rings is 1. The first-order valence-corrected chi connectivity index (χ1v) is 7.83. The summed E-state index contributed by atoms with van der Waals surface area (Å²) in [6.07, 6.45) is 6.19. The van der Waals surface area contributed by atoms with Crippen LogP contribution >= 0.6 is 0 Å². The number of nitrogens with zero attached hydrogens (tertiary/aromatic N) is 3. The highest BCUT2D eigenvalue weighted by Crippen LogP contribution is 2.38. The molecule has 4 rings (SSSR count). The third-order valence-electron chi connectivity index (χ3n) is 4.43. The normalized spacial score (nSPS) is 19.7. The molecule has 1 heterocycles. The van der Waals surface area contributed by atoms with Gasteiger partial charge in [0.1, 0.15) is 12.4 Å². The Balaban J connectivity index is 1.57. The number of guanidine groups is 1. The van der Waals surface area contributed by atoms with Gasteiger partial charge < -0.3 is 15.6 Å².